The van der Waals surface area contributed by atoms with E-state index in [1.54, 1.807) is 24.1 Å². The lowest BCUT2D eigenvalue weighted by Gasteiger charge is -2.15. The number of anilines is 1. The molecule has 0 aliphatic carbocycles. The van der Waals surface area contributed by atoms with Gasteiger partial charge < -0.3 is 10.2 Å². The molecule has 130 valence electrons. The lowest BCUT2D eigenvalue weighted by molar-refractivity contribution is -0.119. The van der Waals surface area contributed by atoms with E-state index in [0.717, 1.165) is 12.1 Å². The van der Waals surface area contributed by atoms with Gasteiger partial charge in [0, 0.05) is 25.2 Å². The minimum Gasteiger partial charge on any atom is -0.350 e. The molecule has 0 saturated carbocycles. The second-order valence-electron chi connectivity index (χ2n) is 5.45. The number of amides is 1. The number of halogens is 3. The molecule has 1 N–H and O–H groups in total. The van der Waals surface area contributed by atoms with Crippen LogP contribution in [0.1, 0.15) is 5.56 Å². The van der Waals surface area contributed by atoms with E-state index < -0.39 is 17.5 Å². The topological polar surface area (TPSA) is 45.2 Å². The summed E-state index contributed by atoms with van der Waals surface area (Å²) in [5, 5.41) is 3.07. The summed E-state index contributed by atoms with van der Waals surface area (Å²) in [5.74, 6) is -2.15. The van der Waals surface area contributed by atoms with Gasteiger partial charge in [0.25, 0.3) is 0 Å². The molecule has 1 aromatic heterocycles. The number of carbonyl (C=O) groups excluding carboxylic acids is 1. The van der Waals surface area contributed by atoms with Crippen molar-refractivity contribution in [3.63, 3.8) is 0 Å². The Bertz CT molecular complexity index is 929. The third-order valence-electron chi connectivity index (χ3n) is 3.56. The van der Waals surface area contributed by atoms with Crippen LogP contribution in [0.2, 0.25) is 0 Å². The van der Waals surface area contributed by atoms with Crippen LogP contribution in [0.4, 0.5) is 18.3 Å². The van der Waals surface area contributed by atoms with E-state index in [1.165, 1.54) is 23.5 Å². The van der Waals surface area contributed by atoms with Crippen molar-refractivity contribution in [2.75, 3.05) is 18.5 Å². The van der Waals surface area contributed by atoms with Crippen LogP contribution in [0.15, 0.2) is 36.4 Å². The van der Waals surface area contributed by atoms with Crippen LogP contribution in [0, 0.1) is 17.5 Å². The molecule has 4 nitrogen and oxygen atoms in total. The molecule has 0 radical (unpaired) electrons. The van der Waals surface area contributed by atoms with E-state index in [0.29, 0.717) is 9.83 Å². The Kier molecular flexibility index (Phi) is 4.89. The van der Waals surface area contributed by atoms with E-state index in [4.69, 9.17) is 0 Å². The Hall–Kier alpha value is -2.61. The molecule has 0 bridgehead atoms. The van der Waals surface area contributed by atoms with Gasteiger partial charge in [-0.25, -0.2) is 18.2 Å². The molecule has 8 heteroatoms. The summed E-state index contributed by atoms with van der Waals surface area (Å²) in [6, 6.07) is 7.87. The van der Waals surface area contributed by atoms with Crippen LogP contribution >= 0.6 is 11.3 Å². The number of nitrogens with zero attached hydrogens (tertiary/aromatic N) is 2. The van der Waals surface area contributed by atoms with Gasteiger partial charge in [0.15, 0.2) is 5.13 Å². The first kappa shape index (κ1) is 17.2. The molecular formula is C17H14F3N3OS. The fraction of sp³-hybridized carbons (Fsp3) is 0.176. The van der Waals surface area contributed by atoms with Gasteiger partial charge in [0.1, 0.15) is 23.0 Å². The highest BCUT2D eigenvalue weighted by Crippen LogP contribution is 2.29. The summed E-state index contributed by atoms with van der Waals surface area (Å²) in [7, 11) is 1.66. The standard InChI is InChI=1S/C17H14F3N3OS/c1-23(17-22-16-12(19)3-2-4-14(16)25-17)9-15(24)21-8-10-5-6-11(18)7-13(10)20/h2-7H,8-9H2,1H3,(H,21,24). The first-order chi connectivity index (χ1) is 11.9. The zero-order chi connectivity index (χ0) is 18.0. The summed E-state index contributed by atoms with van der Waals surface area (Å²) in [4.78, 5) is 17.8. The van der Waals surface area contributed by atoms with Gasteiger partial charge in [-0.3, -0.25) is 4.79 Å². The molecule has 2 aromatic carbocycles. The molecule has 3 rings (SSSR count). The predicted molar refractivity (Wildman–Crippen MR) is 91.1 cm³/mol. The number of nitrogens with one attached hydrogen (secondary N) is 1. The number of para-hydroxylation sites is 1. The zero-order valence-electron chi connectivity index (χ0n) is 13.2. The van der Waals surface area contributed by atoms with Crippen molar-refractivity contribution in [1.82, 2.24) is 10.3 Å². The molecule has 25 heavy (non-hydrogen) atoms. The minimum absolute atomic E-state index is 0.0236. The number of rotatable bonds is 5. The Balaban J connectivity index is 1.62. The number of likely N-dealkylation sites (N-methyl/N-ethyl adjacent to an activating group) is 1. The first-order valence-corrected chi connectivity index (χ1v) is 8.22. The monoisotopic (exact) mass is 365 g/mol. The maximum absolute atomic E-state index is 13.7. The van der Waals surface area contributed by atoms with Crippen molar-refractivity contribution < 1.29 is 18.0 Å². The number of fused-ring (bicyclic) bond motifs is 1. The van der Waals surface area contributed by atoms with Crippen molar-refractivity contribution in [2.24, 2.45) is 0 Å². The molecule has 0 aliphatic rings. The molecule has 0 spiro atoms. The van der Waals surface area contributed by atoms with Crippen LogP contribution in [0.5, 0.6) is 0 Å². The lowest BCUT2D eigenvalue weighted by Crippen LogP contribution is -2.34. The average Bonchev–Trinajstić information content (AvgIpc) is 3.00. The molecule has 0 aliphatic heterocycles. The van der Waals surface area contributed by atoms with Gasteiger partial charge in [0.2, 0.25) is 5.91 Å². The van der Waals surface area contributed by atoms with Crippen LogP contribution < -0.4 is 10.2 Å². The van der Waals surface area contributed by atoms with E-state index >= 15 is 0 Å². The van der Waals surface area contributed by atoms with Crippen LogP contribution in [-0.4, -0.2) is 24.5 Å². The predicted octanol–water partition coefficient (Wildman–Crippen LogP) is 3.47. The summed E-state index contributed by atoms with van der Waals surface area (Å²) in [5.41, 5.74) is 0.461. The zero-order valence-corrected chi connectivity index (χ0v) is 14.0. The number of aromatic nitrogens is 1. The highest BCUT2D eigenvalue weighted by atomic mass is 32.1. The van der Waals surface area contributed by atoms with Crippen molar-refractivity contribution in [1.29, 1.82) is 0 Å². The normalized spacial score (nSPS) is 10.9. The molecule has 3 aromatic rings. The van der Waals surface area contributed by atoms with Crippen LogP contribution in [0.25, 0.3) is 10.2 Å². The lowest BCUT2D eigenvalue weighted by atomic mass is 10.2. The Morgan fingerprint density at radius 3 is 2.72 bits per heavy atom. The van der Waals surface area contributed by atoms with E-state index in [1.807, 2.05) is 0 Å². The highest BCUT2D eigenvalue weighted by Gasteiger charge is 2.14. The van der Waals surface area contributed by atoms with Gasteiger partial charge in [-0.05, 0) is 18.2 Å². The summed E-state index contributed by atoms with van der Waals surface area (Å²) in [6.45, 7) is -0.0719. The largest absolute Gasteiger partial charge is 0.350 e. The van der Waals surface area contributed by atoms with Crippen LogP contribution in [0.3, 0.4) is 0 Å². The van der Waals surface area contributed by atoms with Crippen molar-refractivity contribution >= 4 is 32.6 Å². The molecular weight excluding hydrogens is 351 g/mol. The Labute approximate surface area is 145 Å². The van der Waals surface area contributed by atoms with Gasteiger partial charge in [-0.2, -0.15) is 0 Å². The number of hydrogen-bond acceptors (Lipinski definition) is 4. The molecule has 0 saturated heterocycles. The first-order valence-electron chi connectivity index (χ1n) is 7.41. The Morgan fingerprint density at radius 1 is 1.20 bits per heavy atom. The summed E-state index contributed by atoms with van der Waals surface area (Å²) >= 11 is 1.27. The fourth-order valence-electron chi connectivity index (χ4n) is 2.26. The number of hydrogen-bond donors (Lipinski definition) is 1. The molecule has 0 unspecified atom stereocenters. The van der Waals surface area contributed by atoms with E-state index in [2.05, 4.69) is 10.3 Å². The maximum Gasteiger partial charge on any atom is 0.239 e. The minimum atomic E-state index is -0.713. The quantitative estimate of drug-likeness (QED) is 0.753. The second-order valence-corrected chi connectivity index (χ2v) is 6.46. The van der Waals surface area contributed by atoms with Crippen molar-refractivity contribution in [2.45, 2.75) is 6.54 Å². The van der Waals surface area contributed by atoms with Crippen LogP contribution in [-0.2, 0) is 11.3 Å². The van der Waals surface area contributed by atoms with Gasteiger partial charge >= 0.3 is 0 Å². The third-order valence-corrected chi connectivity index (χ3v) is 4.69. The van der Waals surface area contributed by atoms with Gasteiger partial charge in [-0.1, -0.05) is 23.5 Å². The average molecular weight is 365 g/mol. The van der Waals surface area contributed by atoms with E-state index in [-0.39, 0.29) is 30.1 Å². The molecule has 0 fully saturated rings. The van der Waals surface area contributed by atoms with Gasteiger partial charge in [-0.15, -0.1) is 0 Å². The number of benzene rings is 2. The van der Waals surface area contributed by atoms with Crippen molar-refractivity contribution in [3.05, 3.63) is 59.4 Å². The highest BCUT2D eigenvalue weighted by molar-refractivity contribution is 7.22. The molecule has 1 amide bonds. The second kappa shape index (κ2) is 7.10. The molecule has 0 atom stereocenters. The van der Waals surface area contributed by atoms with Crippen molar-refractivity contribution in [3.8, 4) is 0 Å². The molecule has 1 heterocycles. The number of carbonyl (C=O) groups is 1. The fourth-order valence-corrected chi connectivity index (χ4v) is 3.20. The number of thiazole rings is 1. The maximum atomic E-state index is 13.7. The third kappa shape index (κ3) is 3.90. The smallest absolute Gasteiger partial charge is 0.239 e. The summed E-state index contributed by atoms with van der Waals surface area (Å²) < 4.78 is 40.8. The summed E-state index contributed by atoms with van der Waals surface area (Å²) in [6.07, 6.45) is 0. The van der Waals surface area contributed by atoms with E-state index in [9.17, 15) is 18.0 Å². The Morgan fingerprint density at radius 2 is 2.00 bits per heavy atom. The SMILES string of the molecule is CN(CC(=O)NCc1ccc(F)cc1F)c1nc2c(F)cccc2s1. The van der Waals surface area contributed by atoms with Gasteiger partial charge in [0.05, 0.1) is 11.2 Å².